The summed E-state index contributed by atoms with van der Waals surface area (Å²) in [4.78, 5) is 0.696. The Morgan fingerprint density at radius 2 is 1.95 bits per heavy atom. The van der Waals surface area contributed by atoms with Gasteiger partial charge >= 0.3 is 0 Å². The number of thiophene rings is 1. The Bertz CT molecular complexity index is 674. The molecule has 1 heterocycles. The van der Waals surface area contributed by atoms with Gasteiger partial charge in [0.25, 0.3) is 0 Å². The van der Waals surface area contributed by atoms with Crippen molar-refractivity contribution in [1.29, 1.82) is 0 Å². The van der Waals surface area contributed by atoms with Crippen molar-refractivity contribution >= 4 is 39.0 Å². The summed E-state index contributed by atoms with van der Waals surface area (Å²) in [6, 6.07) is 2.18. The predicted octanol–water partition coefficient (Wildman–Crippen LogP) is 4.37. The third kappa shape index (κ3) is 3.02. The van der Waals surface area contributed by atoms with Crippen molar-refractivity contribution in [2.24, 2.45) is 4.40 Å². The highest BCUT2D eigenvalue weighted by Gasteiger charge is 2.26. The van der Waals surface area contributed by atoms with Crippen molar-refractivity contribution < 1.29 is 13.3 Å². The van der Waals surface area contributed by atoms with Crippen LogP contribution in [-0.4, -0.2) is 15.5 Å². The summed E-state index contributed by atoms with van der Waals surface area (Å²) in [6.45, 7) is 7.26. The maximum absolute atomic E-state index is 13.7. The standard InChI is InChI=1S/C14H15F2NOS2/c1-8-10-5-9(15)6-11(16)13(10)19-12(8)7-17-20(18)14(2,3)4/h5-7H,1-4H3/t20-/m0/s1. The largest absolute Gasteiger partial charge is 0.591 e. The van der Waals surface area contributed by atoms with Crippen molar-refractivity contribution in [3.05, 3.63) is 34.2 Å². The van der Waals surface area contributed by atoms with E-state index in [4.69, 9.17) is 0 Å². The first kappa shape index (κ1) is 15.4. The molecule has 0 fully saturated rings. The zero-order valence-corrected chi connectivity index (χ0v) is 13.3. The Morgan fingerprint density at radius 3 is 2.55 bits per heavy atom. The molecule has 2 aromatic rings. The van der Waals surface area contributed by atoms with E-state index in [0.717, 1.165) is 11.6 Å². The van der Waals surface area contributed by atoms with Crippen molar-refractivity contribution in [2.45, 2.75) is 32.4 Å². The molecule has 0 saturated heterocycles. The molecule has 1 aromatic carbocycles. The smallest absolute Gasteiger partial charge is 0.144 e. The third-order valence-corrected chi connectivity index (χ3v) is 5.38. The van der Waals surface area contributed by atoms with Crippen LogP contribution >= 0.6 is 11.3 Å². The normalized spacial score (nSPS) is 14.3. The van der Waals surface area contributed by atoms with Crippen LogP contribution in [0.25, 0.3) is 10.1 Å². The Hall–Kier alpha value is -0.980. The highest BCUT2D eigenvalue weighted by Crippen LogP contribution is 2.32. The summed E-state index contributed by atoms with van der Waals surface area (Å²) in [5, 5.41) is 0.537. The molecular formula is C14H15F2NOS2. The van der Waals surface area contributed by atoms with Gasteiger partial charge in [-0.05, 0) is 39.3 Å². The lowest BCUT2D eigenvalue weighted by Gasteiger charge is -2.17. The number of rotatable bonds is 2. The van der Waals surface area contributed by atoms with Gasteiger partial charge in [0.15, 0.2) is 0 Å². The quantitative estimate of drug-likeness (QED) is 0.599. The van der Waals surface area contributed by atoms with E-state index in [2.05, 4.69) is 4.40 Å². The number of fused-ring (bicyclic) bond motifs is 1. The van der Waals surface area contributed by atoms with Crippen LogP contribution in [0.5, 0.6) is 0 Å². The third-order valence-electron chi connectivity index (χ3n) is 2.78. The molecule has 20 heavy (non-hydrogen) atoms. The summed E-state index contributed by atoms with van der Waals surface area (Å²) in [5.74, 6) is -1.18. The van der Waals surface area contributed by atoms with Crippen LogP contribution < -0.4 is 0 Å². The molecule has 2 rings (SSSR count). The molecule has 1 atom stereocenters. The first-order valence-electron chi connectivity index (χ1n) is 6.04. The lowest BCUT2D eigenvalue weighted by atomic mass is 10.1. The van der Waals surface area contributed by atoms with Crippen LogP contribution in [0, 0.1) is 18.6 Å². The van der Waals surface area contributed by atoms with Crippen LogP contribution in [0.3, 0.4) is 0 Å². The number of hydrogen-bond acceptors (Lipinski definition) is 3. The Labute approximate surface area is 123 Å². The van der Waals surface area contributed by atoms with Crippen molar-refractivity contribution in [2.75, 3.05) is 0 Å². The first-order valence-corrected chi connectivity index (χ1v) is 7.96. The van der Waals surface area contributed by atoms with E-state index in [1.807, 2.05) is 20.8 Å². The van der Waals surface area contributed by atoms with Gasteiger partial charge in [-0.25, -0.2) is 8.78 Å². The van der Waals surface area contributed by atoms with Crippen LogP contribution in [0.2, 0.25) is 0 Å². The van der Waals surface area contributed by atoms with Crippen LogP contribution in [0.1, 0.15) is 31.2 Å². The average molecular weight is 315 g/mol. The van der Waals surface area contributed by atoms with Crippen LogP contribution in [0.15, 0.2) is 16.5 Å². The summed E-state index contributed by atoms with van der Waals surface area (Å²) >= 11 is -0.183. The fraction of sp³-hybridized carbons (Fsp3) is 0.357. The van der Waals surface area contributed by atoms with Gasteiger partial charge in [-0.3, -0.25) is 0 Å². The summed E-state index contributed by atoms with van der Waals surface area (Å²) in [5.41, 5.74) is 0.748. The van der Waals surface area contributed by atoms with Gasteiger partial charge in [0, 0.05) is 11.5 Å². The molecule has 0 unspecified atom stereocenters. The second-order valence-corrected chi connectivity index (χ2v) is 8.44. The molecular weight excluding hydrogens is 300 g/mol. The summed E-state index contributed by atoms with van der Waals surface area (Å²) in [7, 11) is 0. The topological polar surface area (TPSA) is 35.4 Å². The van der Waals surface area contributed by atoms with Gasteiger partial charge in [-0.1, -0.05) is 4.40 Å². The molecule has 0 spiro atoms. The molecule has 0 aliphatic carbocycles. The minimum absolute atomic E-state index is 0.395. The molecule has 0 aliphatic rings. The lowest BCUT2D eigenvalue weighted by Crippen LogP contribution is -2.25. The van der Waals surface area contributed by atoms with Gasteiger partial charge in [0.1, 0.15) is 27.7 Å². The maximum Gasteiger partial charge on any atom is 0.144 e. The fourth-order valence-corrected chi connectivity index (χ4v) is 3.29. The van der Waals surface area contributed by atoms with Crippen LogP contribution in [0.4, 0.5) is 8.78 Å². The highest BCUT2D eigenvalue weighted by atomic mass is 32.2. The molecule has 6 heteroatoms. The summed E-state index contributed by atoms with van der Waals surface area (Å²) in [6.07, 6.45) is 1.48. The molecule has 2 nitrogen and oxygen atoms in total. The van der Waals surface area contributed by atoms with Crippen molar-refractivity contribution in [3.63, 3.8) is 0 Å². The number of aryl methyl sites for hydroxylation is 1. The predicted molar refractivity (Wildman–Crippen MR) is 82.0 cm³/mol. The van der Waals surface area contributed by atoms with E-state index >= 15 is 0 Å². The van der Waals surface area contributed by atoms with E-state index in [1.54, 1.807) is 6.92 Å². The second-order valence-electron chi connectivity index (χ2n) is 5.45. The first-order chi connectivity index (χ1) is 9.20. The summed E-state index contributed by atoms with van der Waals surface area (Å²) < 4.78 is 42.8. The van der Waals surface area contributed by atoms with E-state index in [1.165, 1.54) is 23.6 Å². The molecule has 1 aromatic heterocycles. The number of nitrogens with zero attached hydrogens (tertiary/aromatic N) is 1. The molecule has 0 bridgehead atoms. The molecule has 0 saturated carbocycles. The zero-order valence-electron chi connectivity index (χ0n) is 11.7. The maximum atomic E-state index is 13.7. The molecule has 0 N–H and O–H groups in total. The molecule has 0 aliphatic heterocycles. The fourth-order valence-electron chi connectivity index (χ4n) is 1.64. The molecule has 0 amide bonds. The monoisotopic (exact) mass is 315 g/mol. The van der Waals surface area contributed by atoms with E-state index in [9.17, 15) is 13.3 Å². The number of benzene rings is 1. The van der Waals surface area contributed by atoms with E-state index in [-0.39, 0.29) is 0 Å². The molecule has 0 radical (unpaired) electrons. The SMILES string of the molecule is Cc1c(C=N[S@@+]([O-])C(C)(C)C)sc2c(F)cc(F)cc12. The van der Waals surface area contributed by atoms with Crippen molar-refractivity contribution in [1.82, 2.24) is 0 Å². The van der Waals surface area contributed by atoms with Gasteiger partial charge < -0.3 is 4.55 Å². The highest BCUT2D eigenvalue weighted by molar-refractivity contribution is 7.91. The Morgan fingerprint density at radius 1 is 1.30 bits per heavy atom. The second kappa shape index (κ2) is 5.42. The van der Waals surface area contributed by atoms with E-state index < -0.39 is 27.7 Å². The van der Waals surface area contributed by atoms with Gasteiger partial charge in [-0.2, -0.15) is 0 Å². The zero-order chi connectivity index (χ0) is 15.1. The Balaban J connectivity index is 2.44. The Kier molecular flexibility index (Phi) is 4.18. The number of hydrogen-bond donors (Lipinski definition) is 0. The average Bonchev–Trinajstić information content (AvgIpc) is 2.63. The van der Waals surface area contributed by atoms with Crippen LogP contribution in [-0.2, 0) is 11.4 Å². The van der Waals surface area contributed by atoms with Gasteiger partial charge in [0.2, 0.25) is 0 Å². The molecule has 108 valence electrons. The lowest BCUT2D eigenvalue weighted by molar-refractivity contribution is 0.562. The van der Waals surface area contributed by atoms with Gasteiger partial charge in [0.05, 0.1) is 15.8 Å². The van der Waals surface area contributed by atoms with E-state index in [0.29, 0.717) is 15.0 Å². The van der Waals surface area contributed by atoms with Crippen molar-refractivity contribution in [3.8, 4) is 0 Å². The van der Waals surface area contributed by atoms with Gasteiger partial charge in [-0.15, -0.1) is 11.3 Å². The minimum Gasteiger partial charge on any atom is -0.591 e. The minimum atomic E-state index is -1.37. The number of halogens is 2.